The van der Waals surface area contributed by atoms with Crippen molar-refractivity contribution in [2.45, 2.75) is 13.3 Å². The summed E-state index contributed by atoms with van der Waals surface area (Å²) >= 11 is 3.34. The molecule has 50 valence electrons. The van der Waals surface area contributed by atoms with Gasteiger partial charge in [-0.25, -0.2) is 0 Å². The normalized spacial score (nSPS) is 10.0. The van der Waals surface area contributed by atoms with E-state index in [4.69, 9.17) is 4.52 Å². The van der Waals surface area contributed by atoms with Crippen molar-refractivity contribution in [2.24, 2.45) is 0 Å². The van der Waals surface area contributed by atoms with Crippen molar-refractivity contribution in [1.29, 1.82) is 0 Å². The lowest BCUT2D eigenvalue weighted by Gasteiger charge is -1.87. The maximum atomic E-state index is 4.85. The van der Waals surface area contributed by atoms with Crippen LogP contribution in [0.4, 0.5) is 0 Å². The molecule has 0 aliphatic heterocycles. The minimum absolute atomic E-state index is 0.925. The van der Waals surface area contributed by atoms with E-state index in [1.165, 1.54) is 5.56 Å². The predicted molar refractivity (Wildman–Crippen MR) is 38.7 cm³/mol. The number of halogens is 1. The highest BCUT2D eigenvalue weighted by atomic mass is 79.9. The van der Waals surface area contributed by atoms with E-state index >= 15 is 0 Å². The van der Waals surface area contributed by atoms with E-state index in [1.54, 1.807) is 6.20 Å². The molecule has 0 fully saturated rings. The van der Waals surface area contributed by atoms with Crippen LogP contribution in [0, 0.1) is 6.92 Å². The highest BCUT2D eigenvalue weighted by Gasteiger charge is 1.99. The average Bonchev–Trinajstić information content (AvgIpc) is 2.18. The molecule has 0 saturated carbocycles. The summed E-state index contributed by atoms with van der Waals surface area (Å²) in [5.74, 6) is 0.925. The molecule has 1 heterocycles. The molecule has 0 radical (unpaired) electrons. The number of hydrogen-bond donors (Lipinski definition) is 0. The molecule has 0 spiro atoms. The van der Waals surface area contributed by atoms with Gasteiger partial charge in [0.15, 0.2) is 0 Å². The Bertz CT molecular complexity index is 185. The summed E-state index contributed by atoms with van der Waals surface area (Å²) in [6.07, 6.45) is 2.76. The lowest BCUT2D eigenvalue weighted by molar-refractivity contribution is 0.396. The zero-order valence-corrected chi connectivity index (χ0v) is 6.81. The Balaban J connectivity index is 2.69. The van der Waals surface area contributed by atoms with Crippen LogP contribution in [0.25, 0.3) is 0 Å². The maximum Gasteiger partial charge on any atom is 0.136 e. The fraction of sp³-hybridized carbons (Fsp3) is 0.500. The number of alkyl halides is 1. The van der Waals surface area contributed by atoms with Crippen LogP contribution in [0.1, 0.15) is 11.3 Å². The van der Waals surface area contributed by atoms with Gasteiger partial charge in [-0.1, -0.05) is 21.1 Å². The minimum Gasteiger partial charge on any atom is -0.361 e. The van der Waals surface area contributed by atoms with E-state index in [0.717, 1.165) is 17.5 Å². The summed E-state index contributed by atoms with van der Waals surface area (Å²) in [7, 11) is 0. The number of rotatable bonds is 2. The summed E-state index contributed by atoms with van der Waals surface area (Å²) in [5, 5.41) is 4.61. The molecule has 1 aromatic heterocycles. The lowest BCUT2D eigenvalue weighted by atomic mass is 10.2. The molecule has 0 aliphatic rings. The number of hydrogen-bond acceptors (Lipinski definition) is 2. The van der Waals surface area contributed by atoms with Crippen LogP contribution in [0.3, 0.4) is 0 Å². The molecule has 0 N–H and O–H groups in total. The van der Waals surface area contributed by atoms with E-state index in [-0.39, 0.29) is 0 Å². The summed E-state index contributed by atoms with van der Waals surface area (Å²) in [4.78, 5) is 0. The van der Waals surface area contributed by atoms with Gasteiger partial charge in [0, 0.05) is 10.9 Å². The molecule has 0 saturated heterocycles. The Morgan fingerprint density at radius 3 is 3.00 bits per heavy atom. The van der Waals surface area contributed by atoms with E-state index < -0.39 is 0 Å². The quantitative estimate of drug-likeness (QED) is 0.665. The SMILES string of the molecule is Cc1oncc1CCBr. The number of aryl methyl sites for hydroxylation is 2. The third-order valence-corrected chi connectivity index (χ3v) is 1.61. The van der Waals surface area contributed by atoms with Gasteiger partial charge in [0.05, 0.1) is 6.20 Å². The molecule has 1 rings (SSSR count). The second kappa shape index (κ2) is 3.01. The van der Waals surface area contributed by atoms with Crippen molar-refractivity contribution < 1.29 is 4.52 Å². The van der Waals surface area contributed by atoms with Gasteiger partial charge in [0.2, 0.25) is 0 Å². The van der Waals surface area contributed by atoms with Crippen LogP contribution in [0.15, 0.2) is 10.7 Å². The van der Waals surface area contributed by atoms with E-state index in [0.29, 0.717) is 0 Å². The highest BCUT2D eigenvalue weighted by molar-refractivity contribution is 9.09. The molecule has 0 amide bonds. The van der Waals surface area contributed by atoms with E-state index in [2.05, 4.69) is 21.1 Å². The van der Waals surface area contributed by atoms with Crippen LogP contribution < -0.4 is 0 Å². The molecular weight excluding hydrogens is 182 g/mol. The third kappa shape index (κ3) is 1.55. The van der Waals surface area contributed by atoms with Gasteiger partial charge in [-0.2, -0.15) is 0 Å². The average molecular weight is 190 g/mol. The Morgan fingerprint density at radius 1 is 1.78 bits per heavy atom. The molecule has 1 aromatic rings. The molecule has 0 aromatic carbocycles. The summed E-state index contributed by atoms with van der Waals surface area (Å²) in [6.45, 7) is 1.92. The topological polar surface area (TPSA) is 26.0 Å². The van der Waals surface area contributed by atoms with Gasteiger partial charge >= 0.3 is 0 Å². The lowest BCUT2D eigenvalue weighted by Crippen LogP contribution is -1.83. The Kier molecular flexibility index (Phi) is 2.28. The molecule has 9 heavy (non-hydrogen) atoms. The third-order valence-electron chi connectivity index (χ3n) is 1.21. The summed E-state index contributed by atoms with van der Waals surface area (Å²) in [5.41, 5.74) is 1.19. The fourth-order valence-electron chi connectivity index (χ4n) is 0.661. The van der Waals surface area contributed by atoms with E-state index in [9.17, 15) is 0 Å². The second-order valence-corrected chi connectivity index (χ2v) is 2.64. The van der Waals surface area contributed by atoms with Crippen molar-refractivity contribution >= 4 is 15.9 Å². The van der Waals surface area contributed by atoms with Crippen LogP contribution in [-0.4, -0.2) is 10.5 Å². The molecule has 0 unspecified atom stereocenters. The van der Waals surface area contributed by atoms with Gasteiger partial charge in [0.25, 0.3) is 0 Å². The van der Waals surface area contributed by atoms with Gasteiger partial charge in [-0.15, -0.1) is 0 Å². The Labute approximate surface area is 62.4 Å². The summed E-state index contributed by atoms with van der Waals surface area (Å²) < 4.78 is 4.85. The second-order valence-electron chi connectivity index (χ2n) is 1.85. The zero-order valence-electron chi connectivity index (χ0n) is 5.22. The first-order valence-electron chi connectivity index (χ1n) is 2.80. The first-order valence-corrected chi connectivity index (χ1v) is 3.93. The van der Waals surface area contributed by atoms with Crippen molar-refractivity contribution in [3.8, 4) is 0 Å². The molecule has 0 atom stereocenters. The van der Waals surface area contributed by atoms with Gasteiger partial charge in [-0.05, 0) is 13.3 Å². The van der Waals surface area contributed by atoms with Crippen molar-refractivity contribution in [1.82, 2.24) is 5.16 Å². The van der Waals surface area contributed by atoms with Crippen LogP contribution in [-0.2, 0) is 6.42 Å². The van der Waals surface area contributed by atoms with Crippen LogP contribution in [0.5, 0.6) is 0 Å². The predicted octanol–water partition coefficient (Wildman–Crippen LogP) is 1.92. The van der Waals surface area contributed by atoms with Gasteiger partial charge in [0.1, 0.15) is 5.76 Å². The van der Waals surface area contributed by atoms with Crippen LogP contribution >= 0.6 is 15.9 Å². The highest BCUT2D eigenvalue weighted by Crippen LogP contribution is 2.06. The monoisotopic (exact) mass is 189 g/mol. The largest absolute Gasteiger partial charge is 0.361 e. The molecule has 0 aliphatic carbocycles. The first-order chi connectivity index (χ1) is 4.34. The van der Waals surface area contributed by atoms with Gasteiger partial charge in [-0.3, -0.25) is 0 Å². The maximum absolute atomic E-state index is 4.85. The summed E-state index contributed by atoms with van der Waals surface area (Å²) in [6, 6.07) is 0. The van der Waals surface area contributed by atoms with Crippen molar-refractivity contribution in [2.75, 3.05) is 5.33 Å². The molecule has 0 bridgehead atoms. The Morgan fingerprint density at radius 2 is 2.56 bits per heavy atom. The number of aromatic nitrogens is 1. The standard InChI is InChI=1S/C6H8BrNO/c1-5-6(2-3-7)4-8-9-5/h4H,2-3H2,1H3. The zero-order chi connectivity index (χ0) is 6.69. The fourth-order valence-corrected chi connectivity index (χ4v) is 1.09. The van der Waals surface area contributed by atoms with Gasteiger partial charge < -0.3 is 4.52 Å². The molecule has 3 heteroatoms. The van der Waals surface area contributed by atoms with E-state index in [1.807, 2.05) is 6.92 Å². The molecular formula is C6H8BrNO. The first kappa shape index (κ1) is 6.81. The molecule has 2 nitrogen and oxygen atoms in total. The van der Waals surface area contributed by atoms with Crippen molar-refractivity contribution in [3.05, 3.63) is 17.5 Å². The minimum atomic E-state index is 0.925. The number of nitrogens with zero attached hydrogens (tertiary/aromatic N) is 1. The smallest absolute Gasteiger partial charge is 0.136 e. The van der Waals surface area contributed by atoms with Crippen LogP contribution in [0.2, 0.25) is 0 Å². The van der Waals surface area contributed by atoms with Crippen molar-refractivity contribution in [3.63, 3.8) is 0 Å². The Hall–Kier alpha value is -0.310.